The van der Waals surface area contributed by atoms with Gasteiger partial charge in [0.25, 0.3) is 0 Å². The van der Waals surface area contributed by atoms with Gasteiger partial charge in [0, 0.05) is 17.7 Å². The minimum Gasteiger partial charge on any atom is -0.287 e. The minimum atomic E-state index is -7.22. The fraction of sp³-hybridized carbons (Fsp3) is 0.0270. The predicted octanol–water partition coefficient (Wildman–Crippen LogP) is 7.84. The lowest BCUT2D eigenvalue weighted by atomic mass is 9.12. The van der Waals surface area contributed by atoms with Crippen LogP contribution in [0.4, 0.5) is 92.2 Å². The van der Waals surface area contributed by atoms with Crippen molar-refractivity contribution in [3.8, 4) is 0 Å². The van der Waals surface area contributed by atoms with Crippen molar-refractivity contribution in [2.75, 3.05) is 0 Å². The fourth-order valence-corrected chi connectivity index (χ4v) is 6.30. The van der Waals surface area contributed by atoms with E-state index in [2.05, 4.69) is 0 Å². The molecule has 0 bridgehead atoms. The molecule has 0 unspecified atom stereocenters. The quantitative estimate of drug-likeness (QED) is 0.0400. The summed E-state index contributed by atoms with van der Waals surface area (Å²) in [5.74, 6) is -71.7. The molecule has 0 aliphatic heterocycles. The molecule has 24 heteroatoms. The number of Topliss-reactive ketones (excluding diaryl/α,β-unsaturated/α-hetero) is 1. The third kappa shape index (κ3) is 7.30. The maximum atomic E-state index is 15.4. The molecule has 0 N–H and O–H groups in total. The van der Waals surface area contributed by atoms with Gasteiger partial charge in [-0.2, -0.15) is 4.57 Å². The third-order valence-electron chi connectivity index (χ3n) is 8.98. The first-order chi connectivity index (χ1) is 28.5. The lowest BCUT2D eigenvalue weighted by Crippen LogP contribution is -2.81. The molecule has 0 fully saturated rings. The Morgan fingerprint density at radius 3 is 0.820 bits per heavy atom. The van der Waals surface area contributed by atoms with E-state index < -0.39 is 144 Å². The van der Waals surface area contributed by atoms with Crippen molar-refractivity contribution in [1.29, 1.82) is 0 Å². The molecule has 0 saturated heterocycles. The summed E-state index contributed by atoms with van der Waals surface area (Å²) in [6.45, 7) is 0.226. The maximum absolute atomic E-state index is 15.4. The molecule has 0 saturated carbocycles. The number of halogens is 21. The van der Waals surface area contributed by atoms with Crippen molar-refractivity contribution in [2.24, 2.45) is 0 Å². The summed E-state index contributed by atoms with van der Waals surface area (Å²) in [5.41, 5.74) is -13.7. The Kier molecular flexibility index (Phi) is 12.6. The fourth-order valence-electron chi connectivity index (χ4n) is 6.30. The number of benzene rings is 5. The second-order valence-electron chi connectivity index (χ2n) is 12.3. The SMILES string of the molecule is Fc1c(F)c(F)c([B-](c2c(F)c(F)c(F)c(F)c2F)(c2c(F)c(F)c(F)c(F)c2F)c2c(F)c(F)c(F)c(F)c2F)c(F)c1F.O=C(C[n+]1ccc(F)cc1)c1ccccc1. The summed E-state index contributed by atoms with van der Waals surface area (Å²) < 4.78 is 308. The number of aromatic nitrogens is 1. The molecule has 0 aliphatic rings. The molecule has 1 heterocycles. The lowest BCUT2D eigenvalue weighted by Gasteiger charge is -2.44. The standard InChI is InChI=1S/C24BF20.C13H11FNO/c26-5-1(6(27)14(35)21(42)13(5)34)25(2-7(28)15(36)22(43)16(37)8(2)29,3-9(30)17(38)23(44)18(39)10(3)31)4-11(32)19(40)24(45)20(41)12(4)33;14-12-6-8-15(9-7-12)10-13(16)11-4-2-1-3-5-11/h;1-9H,10H2/q-1;+1. The van der Waals surface area contributed by atoms with E-state index in [4.69, 9.17) is 0 Å². The Bertz CT molecular complexity index is 2370. The summed E-state index contributed by atoms with van der Waals surface area (Å²) >= 11 is 0. The molecule has 0 spiro atoms. The highest BCUT2D eigenvalue weighted by Crippen LogP contribution is 2.30. The second kappa shape index (κ2) is 16.9. The van der Waals surface area contributed by atoms with Gasteiger partial charge in [-0.05, 0) is 0 Å². The maximum Gasteiger partial charge on any atom is 0.227 e. The minimum absolute atomic E-state index is 0.0113. The van der Waals surface area contributed by atoms with Crippen LogP contribution < -0.4 is 26.4 Å². The Labute approximate surface area is 324 Å². The van der Waals surface area contributed by atoms with Crippen LogP contribution in [0.1, 0.15) is 10.4 Å². The zero-order valence-electron chi connectivity index (χ0n) is 28.8. The summed E-state index contributed by atoms with van der Waals surface area (Å²) in [5, 5.41) is 0. The smallest absolute Gasteiger partial charge is 0.227 e. The number of carbonyl (C=O) groups is 1. The topological polar surface area (TPSA) is 20.9 Å². The molecule has 0 radical (unpaired) electrons. The molecule has 61 heavy (non-hydrogen) atoms. The van der Waals surface area contributed by atoms with E-state index in [1.165, 1.54) is 12.1 Å². The van der Waals surface area contributed by atoms with E-state index in [1.807, 2.05) is 18.2 Å². The van der Waals surface area contributed by atoms with Crippen LogP contribution in [-0.4, -0.2) is 11.9 Å². The van der Waals surface area contributed by atoms with Crippen molar-refractivity contribution in [3.05, 3.63) is 183 Å². The molecule has 5 aromatic carbocycles. The zero-order chi connectivity index (χ0) is 45.7. The van der Waals surface area contributed by atoms with E-state index in [0.29, 0.717) is 5.56 Å². The molecule has 0 aliphatic carbocycles. The molecule has 6 rings (SSSR count). The highest BCUT2D eigenvalue weighted by atomic mass is 19.2. The monoisotopic (exact) mass is 895 g/mol. The Balaban J connectivity index is 0.000000366. The largest absolute Gasteiger partial charge is 0.287 e. The number of rotatable bonds is 7. The Hall–Kier alpha value is -6.49. The molecule has 6 aromatic rings. The van der Waals surface area contributed by atoms with Crippen molar-refractivity contribution in [2.45, 2.75) is 6.54 Å². The molecule has 1 aromatic heterocycles. The van der Waals surface area contributed by atoms with E-state index in [9.17, 15) is 61.9 Å². The number of ketones is 1. The van der Waals surface area contributed by atoms with Crippen molar-refractivity contribution < 1.29 is 102 Å². The van der Waals surface area contributed by atoms with Gasteiger partial charge in [0.15, 0.2) is 82.2 Å². The van der Waals surface area contributed by atoms with E-state index in [1.54, 1.807) is 29.1 Å². The molecule has 0 amide bonds. The van der Waals surface area contributed by atoms with Crippen LogP contribution in [0.25, 0.3) is 0 Å². The molecular formula is C37H11BF21NO. The number of pyridine rings is 1. The summed E-state index contributed by atoms with van der Waals surface area (Å²) in [6.07, 6.45) is -4.11. The lowest BCUT2D eigenvalue weighted by molar-refractivity contribution is -0.683. The molecular weight excluding hydrogens is 884 g/mol. The van der Waals surface area contributed by atoms with Gasteiger partial charge >= 0.3 is 0 Å². The third-order valence-corrected chi connectivity index (χ3v) is 8.98. The van der Waals surface area contributed by atoms with E-state index >= 15 is 35.1 Å². The first kappa shape index (κ1) is 45.6. The van der Waals surface area contributed by atoms with Crippen molar-refractivity contribution in [3.63, 3.8) is 0 Å². The van der Waals surface area contributed by atoms with Gasteiger partial charge in [0.2, 0.25) is 12.3 Å². The molecule has 0 atom stereocenters. The van der Waals surface area contributed by atoms with Crippen LogP contribution in [0.2, 0.25) is 0 Å². The van der Waals surface area contributed by atoms with Crippen LogP contribution in [0.15, 0.2) is 54.9 Å². The van der Waals surface area contributed by atoms with Gasteiger partial charge in [-0.25, -0.2) is 92.2 Å². The van der Waals surface area contributed by atoms with Gasteiger partial charge in [-0.1, -0.05) is 30.3 Å². The van der Waals surface area contributed by atoms with Crippen molar-refractivity contribution >= 4 is 33.8 Å². The molecule has 2 nitrogen and oxygen atoms in total. The Morgan fingerprint density at radius 2 is 0.574 bits per heavy atom. The number of hydrogen-bond donors (Lipinski definition) is 0. The van der Waals surface area contributed by atoms with Crippen LogP contribution in [-0.2, 0) is 6.54 Å². The van der Waals surface area contributed by atoms with E-state index in [0.717, 1.165) is 0 Å². The van der Waals surface area contributed by atoms with Gasteiger partial charge < -0.3 is 0 Å². The summed E-state index contributed by atoms with van der Waals surface area (Å²) in [7, 11) is 0. The second-order valence-corrected chi connectivity index (χ2v) is 12.3. The summed E-state index contributed by atoms with van der Waals surface area (Å²) in [6, 6.07) is 11.7. The van der Waals surface area contributed by atoms with Crippen LogP contribution >= 0.6 is 0 Å². The Morgan fingerprint density at radius 1 is 0.344 bits per heavy atom. The average Bonchev–Trinajstić information content (AvgIpc) is 3.24. The molecule has 320 valence electrons. The van der Waals surface area contributed by atoms with Gasteiger partial charge in [0.05, 0.1) is 0 Å². The van der Waals surface area contributed by atoms with Crippen molar-refractivity contribution in [1.82, 2.24) is 0 Å². The first-order valence-electron chi connectivity index (χ1n) is 15.9. The van der Waals surface area contributed by atoms with Gasteiger partial charge in [-0.15, -0.1) is 21.9 Å². The predicted molar refractivity (Wildman–Crippen MR) is 167 cm³/mol. The average molecular weight is 895 g/mol. The number of carbonyl (C=O) groups excluding carboxylic acids is 1. The number of nitrogens with zero attached hydrogens (tertiary/aromatic N) is 1. The first-order valence-corrected chi connectivity index (χ1v) is 15.9. The zero-order valence-corrected chi connectivity index (χ0v) is 28.8. The number of hydrogen-bond acceptors (Lipinski definition) is 1. The van der Waals surface area contributed by atoms with Crippen LogP contribution in [0.5, 0.6) is 0 Å². The summed E-state index contributed by atoms with van der Waals surface area (Å²) in [4.78, 5) is 11.8. The van der Waals surface area contributed by atoms with Gasteiger partial charge in [0.1, 0.15) is 58.5 Å². The van der Waals surface area contributed by atoms with Gasteiger partial charge in [-0.3, -0.25) is 4.79 Å². The van der Waals surface area contributed by atoms with E-state index in [-0.39, 0.29) is 18.1 Å². The normalized spacial score (nSPS) is 11.5. The highest BCUT2D eigenvalue weighted by molar-refractivity contribution is 7.20. The van der Waals surface area contributed by atoms with Crippen LogP contribution in [0.3, 0.4) is 0 Å². The highest BCUT2D eigenvalue weighted by Gasteiger charge is 2.52. The van der Waals surface area contributed by atoms with Crippen LogP contribution in [0, 0.1) is 122 Å².